The number of guanidine groups is 1. The van der Waals surface area contributed by atoms with Crippen LogP contribution < -0.4 is 10.7 Å². The van der Waals surface area contributed by atoms with Crippen molar-refractivity contribution in [3.8, 4) is 5.69 Å². The summed E-state index contributed by atoms with van der Waals surface area (Å²) < 4.78 is 2.12. The van der Waals surface area contributed by atoms with E-state index in [2.05, 4.69) is 25.4 Å². The Labute approximate surface area is 179 Å². The molecule has 0 radical (unpaired) electrons. The Morgan fingerprint density at radius 1 is 1.20 bits per heavy atom. The molecule has 1 saturated heterocycles. The first-order valence-electron chi connectivity index (χ1n) is 9.40. The zero-order valence-corrected chi connectivity index (χ0v) is 17.8. The van der Waals surface area contributed by atoms with Crippen LogP contribution in [0.25, 0.3) is 5.69 Å². The number of hydrogen-bond donors (Lipinski definition) is 2. The molecule has 0 saturated carbocycles. The van der Waals surface area contributed by atoms with E-state index in [-0.39, 0.29) is 11.9 Å². The van der Waals surface area contributed by atoms with Crippen LogP contribution in [-0.2, 0) is 4.79 Å². The molecule has 2 aliphatic rings. The third-order valence-electron chi connectivity index (χ3n) is 5.36. The van der Waals surface area contributed by atoms with Crippen molar-refractivity contribution in [2.75, 3.05) is 14.1 Å². The van der Waals surface area contributed by atoms with Crippen LogP contribution in [0.3, 0.4) is 0 Å². The number of nitrogens with one attached hydrogen (secondary N) is 2. The number of nitrogens with zero attached hydrogens (tertiary/aromatic N) is 5. The Bertz CT molecular complexity index is 1070. The predicted molar refractivity (Wildman–Crippen MR) is 115 cm³/mol. The molecule has 30 heavy (non-hydrogen) atoms. The summed E-state index contributed by atoms with van der Waals surface area (Å²) in [6.07, 6.45) is 1.11. The summed E-state index contributed by atoms with van der Waals surface area (Å²) in [5.74, 6) is 0.0233. The second-order valence-corrected chi connectivity index (χ2v) is 7.75. The van der Waals surface area contributed by atoms with Gasteiger partial charge in [-0.25, -0.2) is 15.2 Å². The Hall–Kier alpha value is -3.33. The maximum atomic E-state index is 12.3. The molecule has 2 aliphatic heterocycles. The minimum Gasteiger partial charge on any atom is -0.340 e. The molecule has 1 aromatic carbocycles. The highest BCUT2D eigenvalue weighted by molar-refractivity contribution is 6.30. The molecule has 0 spiro atoms. The number of benzene rings is 1. The summed E-state index contributed by atoms with van der Waals surface area (Å²) in [6.45, 7) is 4.03. The minimum atomic E-state index is -0.620. The number of halogens is 1. The van der Waals surface area contributed by atoms with Gasteiger partial charge in [0.1, 0.15) is 6.04 Å². The number of imide groups is 1. The molecule has 3 amide bonds. The number of likely N-dealkylation sites (N-methyl/N-ethyl adjacent to an activating group) is 2. The average Bonchev–Trinajstić information content (AvgIpc) is 3.27. The van der Waals surface area contributed by atoms with Gasteiger partial charge in [-0.15, -0.1) is 0 Å². The molecule has 156 valence electrons. The Morgan fingerprint density at radius 3 is 2.60 bits per heavy atom. The van der Waals surface area contributed by atoms with E-state index in [1.54, 1.807) is 13.3 Å². The lowest BCUT2D eigenvalue weighted by molar-refractivity contribution is -0.133. The molecular weight excluding hydrogens is 406 g/mol. The molecule has 9 nitrogen and oxygen atoms in total. The number of urea groups is 1. The highest BCUT2D eigenvalue weighted by atomic mass is 35.5. The zero-order valence-electron chi connectivity index (χ0n) is 17.0. The van der Waals surface area contributed by atoms with E-state index in [1.807, 2.05) is 44.2 Å². The van der Waals surface area contributed by atoms with E-state index >= 15 is 0 Å². The fourth-order valence-electron chi connectivity index (χ4n) is 3.75. The predicted octanol–water partition coefficient (Wildman–Crippen LogP) is 1.85. The number of hydrogen-bond acceptors (Lipinski definition) is 6. The fraction of sp³-hybridized carbons (Fsp3) is 0.300. The second-order valence-electron chi connectivity index (χ2n) is 7.31. The van der Waals surface area contributed by atoms with E-state index in [1.165, 1.54) is 11.9 Å². The van der Waals surface area contributed by atoms with E-state index in [9.17, 15) is 9.59 Å². The van der Waals surface area contributed by atoms with E-state index in [4.69, 9.17) is 11.6 Å². The van der Waals surface area contributed by atoms with E-state index < -0.39 is 12.2 Å². The molecule has 0 aliphatic carbocycles. The molecule has 1 fully saturated rings. The summed E-state index contributed by atoms with van der Waals surface area (Å²) in [5.41, 5.74) is 6.88. The van der Waals surface area contributed by atoms with Gasteiger partial charge in [0.15, 0.2) is 6.17 Å². The molecule has 2 N–H and O–H groups in total. The van der Waals surface area contributed by atoms with Crippen molar-refractivity contribution < 1.29 is 9.59 Å². The van der Waals surface area contributed by atoms with Gasteiger partial charge >= 0.3 is 6.03 Å². The van der Waals surface area contributed by atoms with Crippen molar-refractivity contribution in [1.29, 1.82) is 0 Å². The van der Waals surface area contributed by atoms with Gasteiger partial charge in [-0.05, 0) is 44.2 Å². The van der Waals surface area contributed by atoms with Crippen LogP contribution in [0, 0.1) is 13.8 Å². The number of hydrazone groups is 1. The highest BCUT2D eigenvalue weighted by Gasteiger charge is 2.46. The molecule has 2 aromatic rings. The van der Waals surface area contributed by atoms with Gasteiger partial charge in [0.25, 0.3) is 5.91 Å². The van der Waals surface area contributed by atoms with Crippen LogP contribution in [0.15, 0.2) is 40.4 Å². The summed E-state index contributed by atoms with van der Waals surface area (Å²) in [7, 11) is 3.07. The maximum absolute atomic E-state index is 12.3. The summed E-state index contributed by atoms with van der Waals surface area (Å²) in [5, 5.41) is 7.95. The number of carbonyl (C=O) groups excluding carboxylic acids is 2. The number of aromatic nitrogens is 1. The second kappa shape index (κ2) is 7.49. The van der Waals surface area contributed by atoms with E-state index in [0.717, 1.165) is 27.5 Å². The first-order chi connectivity index (χ1) is 14.3. The lowest BCUT2D eigenvalue weighted by atomic mass is 10.1. The molecule has 0 bridgehead atoms. The third-order valence-corrected chi connectivity index (χ3v) is 5.62. The average molecular weight is 428 g/mol. The number of aliphatic imine (C=N–C) groups is 1. The van der Waals surface area contributed by atoms with E-state index in [0.29, 0.717) is 11.0 Å². The third kappa shape index (κ3) is 3.30. The molecule has 10 heteroatoms. The van der Waals surface area contributed by atoms with Crippen LogP contribution >= 0.6 is 11.6 Å². The largest absolute Gasteiger partial charge is 0.340 e. The summed E-state index contributed by atoms with van der Waals surface area (Å²) in [6, 6.07) is 8.67. The normalized spacial score (nSPS) is 21.2. The topological polar surface area (TPSA) is 94.3 Å². The number of fused-ring (bicyclic) bond motifs is 1. The number of aryl methyl sites for hydroxylation is 1. The van der Waals surface area contributed by atoms with Crippen molar-refractivity contribution in [2.45, 2.75) is 26.1 Å². The first-order valence-corrected chi connectivity index (χ1v) is 9.78. The molecule has 4 rings (SSSR count). The smallest absolute Gasteiger partial charge is 0.328 e. The summed E-state index contributed by atoms with van der Waals surface area (Å²) >= 11 is 5.99. The number of amides is 3. The van der Waals surface area contributed by atoms with Gasteiger partial charge in [-0.1, -0.05) is 11.6 Å². The molecule has 3 heterocycles. The summed E-state index contributed by atoms with van der Waals surface area (Å²) in [4.78, 5) is 31.3. The van der Waals surface area contributed by atoms with Crippen LogP contribution in [0.5, 0.6) is 0 Å². The molecule has 2 unspecified atom stereocenters. The fourth-order valence-corrected chi connectivity index (χ4v) is 3.87. The van der Waals surface area contributed by atoms with Gasteiger partial charge in [0.05, 0.1) is 6.21 Å². The molecular formula is C20H22ClN7O2. The monoisotopic (exact) mass is 427 g/mol. The van der Waals surface area contributed by atoms with Gasteiger partial charge < -0.3 is 14.8 Å². The van der Waals surface area contributed by atoms with Gasteiger partial charge in [-0.2, -0.15) is 5.10 Å². The zero-order chi connectivity index (χ0) is 21.6. The SMILES string of the molecule is Cc1cc(C=NNC2=NC3C(N2)C(=O)N(C)C(=O)N3C)c(C)n1-c1ccc(Cl)cc1. The van der Waals surface area contributed by atoms with Gasteiger partial charge in [0.2, 0.25) is 5.96 Å². The van der Waals surface area contributed by atoms with Crippen molar-refractivity contribution in [2.24, 2.45) is 10.1 Å². The van der Waals surface area contributed by atoms with Crippen molar-refractivity contribution in [3.63, 3.8) is 0 Å². The maximum Gasteiger partial charge on any atom is 0.328 e. The Morgan fingerprint density at radius 2 is 1.90 bits per heavy atom. The van der Waals surface area contributed by atoms with Crippen LogP contribution in [0.4, 0.5) is 4.79 Å². The van der Waals surface area contributed by atoms with Gasteiger partial charge in [0, 0.05) is 41.8 Å². The number of rotatable bonds is 3. The minimum absolute atomic E-state index is 0.320. The quantitative estimate of drug-likeness (QED) is 0.577. The lowest BCUT2D eigenvalue weighted by Gasteiger charge is -2.36. The van der Waals surface area contributed by atoms with Crippen molar-refractivity contribution in [3.05, 3.63) is 52.3 Å². The van der Waals surface area contributed by atoms with Gasteiger partial charge in [-0.3, -0.25) is 9.69 Å². The van der Waals surface area contributed by atoms with Crippen LogP contribution in [0.2, 0.25) is 5.02 Å². The standard InChI is InChI=1S/C20H22ClN7O2/c1-11-9-13(12(2)28(11)15-7-5-14(21)6-8-15)10-22-25-19-23-16-17(24-19)26(3)20(30)27(4)18(16)29/h5-10,16-17H,1-4H3,(H2,23,24,25). The number of carbonyl (C=O) groups is 2. The Balaban J connectivity index is 1.50. The van der Waals surface area contributed by atoms with Crippen LogP contribution in [-0.4, -0.2) is 64.8 Å². The van der Waals surface area contributed by atoms with Crippen molar-refractivity contribution in [1.82, 2.24) is 25.1 Å². The van der Waals surface area contributed by atoms with Crippen LogP contribution in [0.1, 0.15) is 17.0 Å². The Kier molecular flexibility index (Phi) is 4.98. The van der Waals surface area contributed by atoms with Crippen molar-refractivity contribution >= 4 is 35.7 Å². The highest BCUT2D eigenvalue weighted by Crippen LogP contribution is 2.22. The molecule has 2 atom stereocenters. The lowest BCUT2D eigenvalue weighted by Crippen LogP contribution is -2.63. The first kappa shape index (κ1) is 20.0. The molecule has 1 aromatic heterocycles.